The number of aromatic nitrogens is 2. The highest BCUT2D eigenvalue weighted by Gasteiger charge is 2.25. The Morgan fingerprint density at radius 3 is 2.82 bits per heavy atom. The molecule has 1 aliphatic rings. The van der Waals surface area contributed by atoms with E-state index in [-0.39, 0.29) is 6.54 Å². The average Bonchev–Trinajstić information content (AvgIpc) is 2.80. The lowest BCUT2D eigenvalue weighted by atomic mass is 10.0. The molecule has 1 aliphatic heterocycles. The summed E-state index contributed by atoms with van der Waals surface area (Å²) in [5, 5.41) is 0. The molecule has 2 N–H and O–H groups in total. The molecule has 1 saturated heterocycles. The highest BCUT2D eigenvalue weighted by Crippen LogP contribution is 2.17. The van der Waals surface area contributed by atoms with E-state index in [2.05, 4.69) is 21.6 Å². The first-order valence-corrected chi connectivity index (χ1v) is 7.25. The molecule has 2 rings (SSSR count). The molecular formula is C10H18N4O2S. The Labute approximate surface area is 102 Å². The van der Waals surface area contributed by atoms with Gasteiger partial charge in [-0.05, 0) is 18.8 Å². The second-order valence-electron chi connectivity index (χ2n) is 4.44. The predicted molar refractivity (Wildman–Crippen MR) is 64.3 cm³/mol. The first-order chi connectivity index (χ1) is 8.08. The van der Waals surface area contributed by atoms with Crippen molar-refractivity contribution < 1.29 is 8.42 Å². The predicted octanol–water partition coefficient (Wildman–Crippen LogP) is 0.476. The summed E-state index contributed by atoms with van der Waals surface area (Å²) in [6.45, 7) is 3.57. The van der Waals surface area contributed by atoms with Gasteiger partial charge in [0.1, 0.15) is 5.82 Å². The van der Waals surface area contributed by atoms with Gasteiger partial charge in [0.15, 0.2) is 0 Å². The number of nitrogens with zero attached hydrogens (tertiary/aromatic N) is 2. The second-order valence-corrected chi connectivity index (χ2v) is 6.20. The lowest BCUT2D eigenvalue weighted by molar-refractivity contribution is 0.285. The zero-order chi connectivity index (χ0) is 12.3. The molecule has 0 spiro atoms. The first-order valence-electron chi connectivity index (χ1n) is 5.81. The van der Waals surface area contributed by atoms with Gasteiger partial charge >= 0.3 is 0 Å². The Bertz CT molecular complexity index is 435. The van der Waals surface area contributed by atoms with Gasteiger partial charge in [0.2, 0.25) is 0 Å². The van der Waals surface area contributed by atoms with E-state index in [1.807, 2.05) is 0 Å². The minimum absolute atomic E-state index is 0.210. The highest BCUT2D eigenvalue weighted by molar-refractivity contribution is 7.87. The van der Waals surface area contributed by atoms with Crippen molar-refractivity contribution in [2.24, 2.45) is 5.92 Å². The van der Waals surface area contributed by atoms with Crippen LogP contribution in [-0.2, 0) is 16.8 Å². The van der Waals surface area contributed by atoms with E-state index >= 15 is 0 Å². The molecule has 0 radical (unpaired) electrons. The molecule has 0 saturated carbocycles. The van der Waals surface area contributed by atoms with E-state index in [1.54, 1.807) is 12.4 Å². The lowest BCUT2D eigenvalue weighted by Crippen LogP contribution is -2.44. The van der Waals surface area contributed by atoms with Crippen molar-refractivity contribution >= 4 is 10.2 Å². The van der Waals surface area contributed by atoms with Crippen molar-refractivity contribution in [3.63, 3.8) is 0 Å². The molecule has 17 heavy (non-hydrogen) atoms. The monoisotopic (exact) mass is 258 g/mol. The topological polar surface area (TPSA) is 78.1 Å². The smallest absolute Gasteiger partial charge is 0.279 e. The molecule has 0 amide bonds. The SMILES string of the molecule is CC1CCN(S(=O)(=O)NCc2ncc[nH]2)CC1. The number of imidazole rings is 1. The van der Waals surface area contributed by atoms with E-state index in [9.17, 15) is 8.42 Å². The van der Waals surface area contributed by atoms with Crippen LogP contribution in [0.3, 0.4) is 0 Å². The maximum Gasteiger partial charge on any atom is 0.279 e. The van der Waals surface area contributed by atoms with Gasteiger partial charge in [-0.1, -0.05) is 6.92 Å². The molecule has 1 aromatic heterocycles. The summed E-state index contributed by atoms with van der Waals surface area (Å²) in [5.41, 5.74) is 0. The van der Waals surface area contributed by atoms with Crippen molar-refractivity contribution in [2.75, 3.05) is 13.1 Å². The quantitative estimate of drug-likeness (QED) is 0.824. The third-order valence-electron chi connectivity index (χ3n) is 3.06. The van der Waals surface area contributed by atoms with Gasteiger partial charge in [-0.15, -0.1) is 0 Å². The highest BCUT2D eigenvalue weighted by atomic mass is 32.2. The molecule has 0 aliphatic carbocycles. The van der Waals surface area contributed by atoms with Crippen LogP contribution in [0, 0.1) is 5.92 Å². The van der Waals surface area contributed by atoms with Crippen LogP contribution >= 0.6 is 0 Å². The molecule has 0 atom stereocenters. The largest absolute Gasteiger partial charge is 0.347 e. The van der Waals surface area contributed by atoms with Gasteiger partial charge in [0, 0.05) is 25.5 Å². The van der Waals surface area contributed by atoms with Crippen LogP contribution < -0.4 is 4.72 Å². The summed E-state index contributed by atoms with van der Waals surface area (Å²) in [7, 11) is -3.36. The number of nitrogens with one attached hydrogen (secondary N) is 2. The van der Waals surface area contributed by atoms with Gasteiger partial charge in [0.25, 0.3) is 10.2 Å². The maximum atomic E-state index is 12.0. The van der Waals surface area contributed by atoms with Crippen LogP contribution in [-0.4, -0.2) is 35.8 Å². The van der Waals surface area contributed by atoms with E-state index in [1.165, 1.54) is 4.31 Å². The zero-order valence-corrected chi connectivity index (χ0v) is 10.7. The summed E-state index contributed by atoms with van der Waals surface area (Å²) in [6.07, 6.45) is 5.14. The number of H-pyrrole nitrogens is 1. The second kappa shape index (κ2) is 5.16. The van der Waals surface area contributed by atoms with E-state index in [4.69, 9.17) is 0 Å². The van der Waals surface area contributed by atoms with E-state index < -0.39 is 10.2 Å². The fraction of sp³-hybridized carbons (Fsp3) is 0.700. The number of aromatic amines is 1. The average molecular weight is 258 g/mol. The minimum Gasteiger partial charge on any atom is -0.347 e. The van der Waals surface area contributed by atoms with Crippen LogP contribution in [0.1, 0.15) is 25.6 Å². The summed E-state index contributed by atoms with van der Waals surface area (Å²) in [5.74, 6) is 1.24. The third kappa shape index (κ3) is 3.27. The Morgan fingerprint density at radius 1 is 1.53 bits per heavy atom. The molecule has 96 valence electrons. The van der Waals surface area contributed by atoms with Crippen LogP contribution in [0.5, 0.6) is 0 Å². The van der Waals surface area contributed by atoms with E-state index in [0.29, 0.717) is 24.8 Å². The van der Waals surface area contributed by atoms with Gasteiger partial charge in [0.05, 0.1) is 6.54 Å². The molecular weight excluding hydrogens is 240 g/mol. The molecule has 1 fully saturated rings. The molecule has 0 bridgehead atoms. The van der Waals surface area contributed by atoms with Crippen LogP contribution in [0.2, 0.25) is 0 Å². The lowest BCUT2D eigenvalue weighted by Gasteiger charge is -2.29. The summed E-state index contributed by atoms with van der Waals surface area (Å²) < 4.78 is 28.0. The minimum atomic E-state index is -3.36. The van der Waals surface area contributed by atoms with Gasteiger partial charge in [-0.2, -0.15) is 17.4 Å². The Hall–Kier alpha value is -0.920. The standard InChI is InChI=1S/C10H18N4O2S/c1-9-2-6-14(7-3-9)17(15,16)13-8-10-11-4-5-12-10/h4-5,9,13H,2-3,6-8H2,1H3,(H,11,12). The van der Waals surface area contributed by atoms with E-state index in [0.717, 1.165) is 12.8 Å². The number of hydrogen-bond acceptors (Lipinski definition) is 3. The maximum absolute atomic E-state index is 12.0. The molecule has 2 heterocycles. The molecule has 7 heteroatoms. The van der Waals surface area contributed by atoms with Crippen LogP contribution in [0.15, 0.2) is 12.4 Å². The number of rotatable bonds is 4. The Morgan fingerprint density at radius 2 is 2.24 bits per heavy atom. The molecule has 0 aromatic carbocycles. The normalized spacial score (nSPS) is 19.6. The third-order valence-corrected chi connectivity index (χ3v) is 4.61. The molecule has 1 aromatic rings. The fourth-order valence-corrected chi connectivity index (χ4v) is 3.06. The Kier molecular flexibility index (Phi) is 3.80. The van der Waals surface area contributed by atoms with Crippen LogP contribution in [0.4, 0.5) is 0 Å². The van der Waals surface area contributed by atoms with Gasteiger partial charge in [-0.25, -0.2) is 4.98 Å². The van der Waals surface area contributed by atoms with Crippen molar-refractivity contribution in [2.45, 2.75) is 26.3 Å². The summed E-state index contributed by atoms with van der Waals surface area (Å²) in [4.78, 5) is 6.84. The molecule has 6 nitrogen and oxygen atoms in total. The number of piperidine rings is 1. The Balaban J connectivity index is 1.90. The van der Waals surface area contributed by atoms with Crippen molar-refractivity contribution in [3.05, 3.63) is 18.2 Å². The van der Waals surface area contributed by atoms with Crippen molar-refractivity contribution in [1.29, 1.82) is 0 Å². The summed E-state index contributed by atoms with van der Waals surface area (Å²) in [6, 6.07) is 0. The van der Waals surface area contributed by atoms with Gasteiger partial charge < -0.3 is 4.98 Å². The van der Waals surface area contributed by atoms with Gasteiger partial charge in [-0.3, -0.25) is 0 Å². The fourth-order valence-electron chi connectivity index (χ4n) is 1.87. The van der Waals surface area contributed by atoms with Crippen molar-refractivity contribution in [3.8, 4) is 0 Å². The first kappa shape index (κ1) is 12.5. The number of hydrogen-bond donors (Lipinski definition) is 2. The van der Waals surface area contributed by atoms with Crippen LogP contribution in [0.25, 0.3) is 0 Å². The van der Waals surface area contributed by atoms with Crippen molar-refractivity contribution in [1.82, 2.24) is 19.0 Å². The molecule has 0 unspecified atom stereocenters. The zero-order valence-electron chi connectivity index (χ0n) is 9.89. The summed E-state index contributed by atoms with van der Waals surface area (Å²) >= 11 is 0.